The molecule has 0 bridgehead atoms. The lowest BCUT2D eigenvalue weighted by atomic mass is 10.0. The fourth-order valence-electron chi connectivity index (χ4n) is 3.29. The second kappa shape index (κ2) is 9.74. The molecular formula is C22H27N5O4. The van der Waals surface area contributed by atoms with Gasteiger partial charge in [-0.2, -0.15) is 0 Å². The Balaban J connectivity index is 1.29. The van der Waals surface area contributed by atoms with Gasteiger partial charge in [-0.15, -0.1) is 5.10 Å². The summed E-state index contributed by atoms with van der Waals surface area (Å²) in [6.07, 6.45) is 6.31. The van der Waals surface area contributed by atoms with Crippen LogP contribution < -0.4 is 16.0 Å². The van der Waals surface area contributed by atoms with Gasteiger partial charge in [0.2, 0.25) is 0 Å². The third-order valence-corrected chi connectivity index (χ3v) is 5.38. The average Bonchev–Trinajstić information content (AvgIpc) is 3.50. The van der Waals surface area contributed by atoms with Gasteiger partial charge in [-0.1, -0.05) is 24.3 Å². The molecular weight excluding hydrogens is 398 g/mol. The Hall–Kier alpha value is -3.20. The van der Waals surface area contributed by atoms with Crippen LogP contribution in [0.5, 0.6) is 5.75 Å². The van der Waals surface area contributed by atoms with Crippen LogP contribution in [0.4, 0.5) is 0 Å². The number of H-pyrrole nitrogens is 1. The first kappa shape index (κ1) is 21.0. The van der Waals surface area contributed by atoms with Gasteiger partial charge >= 0.3 is 5.69 Å². The van der Waals surface area contributed by atoms with Crippen LogP contribution in [-0.2, 0) is 24.4 Å². The Labute approximate surface area is 179 Å². The molecule has 0 unspecified atom stereocenters. The summed E-state index contributed by atoms with van der Waals surface area (Å²) in [5, 5.41) is 8.26. The standard InChI is InChI=1S/C22H27N5O4/c1-16(18-3-2-4-20(11-18)31-14-17-5-6-17)13-27-19(12-23-25-27)8-10-30-15-26-9-7-21(28)24-22(26)29/h2-4,7,9,11-12,16-17H,5-6,8,10,13-15H2,1H3,(H,24,28,29)/t16-/m0/s1. The molecule has 0 aliphatic heterocycles. The number of rotatable bonds is 11. The molecule has 2 aromatic heterocycles. The van der Waals surface area contributed by atoms with Crippen LogP contribution in [0.3, 0.4) is 0 Å². The van der Waals surface area contributed by atoms with Crippen LogP contribution >= 0.6 is 0 Å². The molecule has 0 saturated heterocycles. The molecule has 1 fully saturated rings. The molecule has 2 heterocycles. The highest BCUT2D eigenvalue weighted by Gasteiger charge is 2.22. The van der Waals surface area contributed by atoms with Gasteiger partial charge in [0.15, 0.2) is 0 Å². The number of nitrogens with one attached hydrogen (secondary N) is 1. The molecule has 1 N–H and O–H groups in total. The lowest BCUT2D eigenvalue weighted by molar-refractivity contribution is 0.0750. The van der Waals surface area contributed by atoms with Crippen molar-refractivity contribution in [2.45, 2.75) is 45.4 Å². The monoisotopic (exact) mass is 425 g/mol. The van der Waals surface area contributed by atoms with Crippen molar-refractivity contribution in [3.63, 3.8) is 0 Å². The van der Waals surface area contributed by atoms with E-state index in [1.165, 1.54) is 35.2 Å². The van der Waals surface area contributed by atoms with Crippen LogP contribution in [-0.4, -0.2) is 37.8 Å². The SMILES string of the molecule is C[C@@H](Cn1nncc1CCOCn1ccc(=O)[nH]c1=O)c1cccc(OCC2CC2)c1. The maximum Gasteiger partial charge on any atom is 0.330 e. The zero-order valence-electron chi connectivity index (χ0n) is 17.6. The van der Waals surface area contributed by atoms with Crippen LogP contribution in [0, 0.1) is 5.92 Å². The predicted molar refractivity (Wildman–Crippen MR) is 114 cm³/mol. The fourth-order valence-corrected chi connectivity index (χ4v) is 3.29. The summed E-state index contributed by atoms with van der Waals surface area (Å²) in [6, 6.07) is 9.54. The van der Waals surface area contributed by atoms with Crippen LogP contribution in [0.25, 0.3) is 0 Å². The summed E-state index contributed by atoms with van der Waals surface area (Å²) in [6.45, 7) is 4.13. The topological polar surface area (TPSA) is 104 Å². The molecule has 9 nitrogen and oxygen atoms in total. The third kappa shape index (κ3) is 5.91. The summed E-state index contributed by atoms with van der Waals surface area (Å²) in [7, 11) is 0. The van der Waals surface area contributed by atoms with E-state index in [2.05, 4.69) is 34.4 Å². The van der Waals surface area contributed by atoms with Crippen molar-refractivity contribution in [3.8, 4) is 5.75 Å². The summed E-state index contributed by atoms with van der Waals surface area (Å²) in [4.78, 5) is 25.0. The zero-order valence-corrected chi connectivity index (χ0v) is 17.6. The molecule has 31 heavy (non-hydrogen) atoms. The van der Waals surface area contributed by atoms with E-state index in [0.29, 0.717) is 19.6 Å². The Morgan fingerprint density at radius 3 is 2.94 bits per heavy atom. The highest BCUT2D eigenvalue weighted by molar-refractivity contribution is 5.30. The molecule has 1 saturated carbocycles. The molecule has 4 rings (SSSR count). The summed E-state index contributed by atoms with van der Waals surface area (Å²) < 4.78 is 14.7. The van der Waals surface area contributed by atoms with Crippen molar-refractivity contribution in [3.05, 3.63) is 74.8 Å². The third-order valence-electron chi connectivity index (χ3n) is 5.38. The highest BCUT2D eigenvalue weighted by Crippen LogP contribution is 2.30. The van der Waals surface area contributed by atoms with Crippen molar-refractivity contribution >= 4 is 0 Å². The molecule has 0 amide bonds. The highest BCUT2D eigenvalue weighted by atomic mass is 16.5. The minimum atomic E-state index is -0.489. The van der Waals surface area contributed by atoms with Gasteiger partial charge in [0.05, 0.1) is 25.1 Å². The summed E-state index contributed by atoms with van der Waals surface area (Å²) in [5.74, 6) is 1.88. The van der Waals surface area contributed by atoms with Gasteiger partial charge in [0, 0.05) is 31.1 Å². The van der Waals surface area contributed by atoms with Crippen LogP contribution in [0.15, 0.2) is 52.3 Å². The first-order valence-corrected chi connectivity index (χ1v) is 10.6. The average molecular weight is 425 g/mol. The number of nitrogens with zero attached hydrogens (tertiary/aromatic N) is 4. The van der Waals surface area contributed by atoms with Gasteiger partial charge in [-0.3, -0.25) is 14.3 Å². The van der Waals surface area contributed by atoms with E-state index in [1.54, 1.807) is 6.20 Å². The normalized spacial score (nSPS) is 14.5. The molecule has 0 radical (unpaired) electrons. The second-order valence-corrected chi connectivity index (χ2v) is 8.00. The van der Waals surface area contributed by atoms with Gasteiger partial charge in [-0.05, 0) is 36.5 Å². The minimum Gasteiger partial charge on any atom is -0.493 e. The number of hydrogen-bond donors (Lipinski definition) is 1. The second-order valence-electron chi connectivity index (χ2n) is 8.00. The fraction of sp³-hybridized carbons (Fsp3) is 0.455. The van der Waals surface area contributed by atoms with Crippen molar-refractivity contribution in [1.29, 1.82) is 0 Å². The van der Waals surface area contributed by atoms with Crippen molar-refractivity contribution in [2.24, 2.45) is 5.92 Å². The van der Waals surface area contributed by atoms with Gasteiger partial charge < -0.3 is 9.47 Å². The van der Waals surface area contributed by atoms with E-state index >= 15 is 0 Å². The lowest BCUT2D eigenvalue weighted by Crippen LogP contribution is -2.29. The Morgan fingerprint density at radius 2 is 2.13 bits per heavy atom. The smallest absolute Gasteiger partial charge is 0.330 e. The van der Waals surface area contributed by atoms with E-state index in [-0.39, 0.29) is 12.6 Å². The molecule has 1 aliphatic rings. The molecule has 3 aromatic rings. The Bertz CT molecular complexity index is 1120. The van der Waals surface area contributed by atoms with E-state index in [9.17, 15) is 9.59 Å². The maximum absolute atomic E-state index is 11.7. The van der Waals surface area contributed by atoms with Crippen molar-refractivity contribution in [1.82, 2.24) is 24.5 Å². The van der Waals surface area contributed by atoms with E-state index in [4.69, 9.17) is 9.47 Å². The molecule has 0 spiro atoms. The van der Waals surface area contributed by atoms with Crippen LogP contribution in [0.2, 0.25) is 0 Å². The minimum absolute atomic E-state index is 0.0707. The first-order chi connectivity index (χ1) is 15.1. The zero-order chi connectivity index (χ0) is 21.6. The van der Waals surface area contributed by atoms with Crippen LogP contribution in [0.1, 0.15) is 36.9 Å². The van der Waals surface area contributed by atoms with E-state index < -0.39 is 11.2 Å². The Kier molecular flexibility index (Phi) is 6.61. The van der Waals surface area contributed by atoms with Crippen molar-refractivity contribution in [2.75, 3.05) is 13.2 Å². The molecule has 164 valence electrons. The first-order valence-electron chi connectivity index (χ1n) is 10.6. The Morgan fingerprint density at radius 1 is 1.26 bits per heavy atom. The van der Waals surface area contributed by atoms with E-state index in [1.807, 2.05) is 16.8 Å². The summed E-state index contributed by atoms with van der Waals surface area (Å²) in [5.41, 5.74) is 1.24. The number of aromatic amines is 1. The van der Waals surface area contributed by atoms with Gasteiger partial charge in [0.1, 0.15) is 12.5 Å². The molecule has 1 aliphatic carbocycles. The maximum atomic E-state index is 11.7. The van der Waals surface area contributed by atoms with Crippen molar-refractivity contribution < 1.29 is 9.47 Å². The molecule has 1 atom stereocenters. The predicted octanol–water partition coefficient (Wildman–Crippen LogP) is 1.94. The largest absolute Gasteiger partial charge is 0.493 e. The number of hydrogen-bond acceptors (Lipinski definition) is 6. The number of benzene rings is 1. The van der Waals surface area contributed by atoms with Gasteiger partial charge in [0.25, 0.3) is 5.56 Å². The van der Waals surface area contributed by atoms with E-state index in [0.717, 1.165) is 24.0 Å². The molecule has 1 aromatic carbocycles. The number of ether oxygens (including phenoxy) is 2. The lowest BCUT2D eigenvalue weighted by Gasteiger charge is -2.15. The molecule has 9 heteroatoms. The summed E-state index contributed by atoms with van der Waals surface area (Å²) >= 11 is 0. The quantitative estimate of drug-likeness (QED) is 0.471. The number of aromatic nitrogens is 5. The van der Waals surface area contributed by atoms with Gasteiger partial charge in [-0.25, -0.2) is 9.48 Å².